The molecule has 1 N–H and O–H groups in total. The van der Waals surface area contributed by atoms with Crippen LogP contribution in [0.15, 0.2) is 18.3 Å². The van der Waals surface area contributed by atoms with Crippen LogP contribution in [0.4, 0.5) is 11.5 Å². The molecule has 0 spiro atoms. The molecule has 0 radical (unpaired) electrons. The van der Waals surface area contributed by atoms with Crippen LogP contribution in [0.1, 0.15) is 0 Å². The Kier molecular flexibility index (Phi) is 4.18. The van der Waals surface area contributed by atoms with Gasteiger partial charge in [-0.3, -0.25) is 0 Å². The number of pyridine rings is 1. The molecular formula is C8H11N3O2S. The number of nitro groups is 1. The third-order valence-electron chi connectivity index (χ3n) is 1.57. The number of nitrogens with one attached hydrogen (secondary N) is 1. The zero-order valence-corrected chi connectivity index (χ0v) is 8.58. The standard InChI is InChI=1S/C8H11N3O2S/c1-14-5-4-9-7-2-3-8(10-6-7)11(12)13/h2-3,6,9H,4-5H2,1H3. The van der Waals surface area contributed by atoms with Crippen molar-refractivity contribution in [3.8, 4) is 0 Å². The summed E-state index contributed by atoms with van der Waals surface area (Å²) in [5, 5.41) is 13.4. The second-order valence-electron chi connectivity index (χ2n) is 2.58. The maximum Gasteiger partial charge on any atom is 0.363 e. The second kappa shape index (κ2) is 5.43. The van der Waals surface area contributed by atoms with Crippen molar-refractivity contribution in [3.05, 3.63) is 28.4 Å². The van der Waals surface area contributed by atoms with Gasteiger partial charge in [0.1, 0.15) is 0 Å². The number of thioether (sulfide) groups is 1. The van der Waals surface area contributed by atoms with E-state index in [1.165, 1.54) is 12.3 Å². The van der Waals surface area contributed by atoms with E-state index in [0.29, 0.717) is 0 Å². The number of rotatable bonds is 5. The molecule has 0 bridgehead atoms. The normalized spacial score (nSPS) is 9.79. The van der Waals surface area contributed by atoms with Gasteiger partial charge < -0.3 is 15.4 Å². The molecule has 1 aromatic rings. The van der Waals surface area contributed by atoms with Crippen molar-refractivity contribution in [1.29, 1.82) is 0 Å². The quantitative estimate of drug-likeness (QED) is 0.458. The van der Waals surface area contributed by atoms with Crippen molar-refractivity contribution < 1.29 is 4.92 Å². The third-order valence-corrected chi connectivity index (χ3v) is 2.18. The summed E-state index contributed by atoms with van der Waals surface area (Å²) in [6.45, 7) is 0.834. The Hall–Kier alpha value is -1.30. The minimum absolute atomic E-state index is 0.125. The topological polar surface area (TPSA) is 68.1 Å². The molecular weight excluding hydrogens is 202 g/mol. The van der Waals surface area contributed by atoms with Crippen LogP contribution in [-0.4, -0.2) is 28.5 Å². The number of nitrogens with zero attached hydrogens (tertiary/aromatic N) is 2. The first-order valence-electron chi connectivity index (χ1n) is 4.07. The molecule has 1 rings (SSSR count). The van der Waals surface area contributed by atoms with Crippen molar-refractivity contribution >= 4 is 23.3 Å². The molecule has 0 saturated carbocycles. The van der Waals surface area contributed by atoms with E-state index in [9.17, 15) is 10.1 Å². The lowest BCUT2D eigenvalue weighted by molar-refractivity contribution is -0.389. The van der Waals surface area contributed by atoms with E-state index in [1.807, 2.05) is 6.26 Å². The second-order valence-corrected chi connectivity index (χ2v) is 3.57. The molecule has 0 aliphatic carbocycles. The first-order valence-corrected chi connectivity index (χ1v) is 5.46. The summed E-state index contributed by atoms with van der Waals surface area (Å²) in [6.07, 6.45) is 3.49. The van der Waals surface area contributed by atoms with Gasteiger partial charge in [0.2, 0.25) is 0 Å². The fourth-order valence-electron chi connectivity index (χ4n) is 0.896. The van der Waals surface area contributed by atoms with Gasteiger partial charge in [-0.2, -0.15) is 11.8 Å². The first-order chi connectivity index (χ1) is 6.74. The third kappa shape index (κ3) is 3.21. The highest BCUT2D eigenvalue weighted by molar-refractivity contribution is 7.98. The van der Waals surface area contributed by atoms with Crippen molar-refractivity contribution in [3.63, 3.8) is 0 Å². The van der Waals surface area contributed by atoms with Crippen molar-refractivity contribution in [2.75, 3.05) is 23.9 Å². The largest absolute Gasteiger partial charge is 0.381 e. The average Bonchev–Trinajstić information content (AvgIpc) is 2.19. The molecule has 0 atom stereocenters. The number of anilines is 1. The smallest absolute Gasteiger partial charge is 0.363 e. The van der Waals surface area contributed by atoms with Crippen LogP contribution in [-0.2, 0) is 0 Å². The molecule has 1 aromatic heterocycles. The molecule has 0 amide bonds. The summed E-state index contributed by atoms with van der Waals surface area (Å²) in [4.78, 5) is 13.5. The molecule has 0 aromatic carbocycles. The fourth-order valence-corrected chi connectivity index (χ4v) is 1.20. The van der Waals surface area contributed by atoms with Crippen LogP contribution in [0.25, 0.3) is 0 Å². The van der Waals surface area contributed by atoms with Crippen LogP contribution in [0, 0.1) is 10.1 Å². The van der Waals surface area contributed by atoms with Crippen LogP contribution >= 0.6 is 11.8 Å². The monoisotopic (exact) mass is 213 g/mol. The zero-order chi connectivity index (χ0) is 10.4. The Bertz CT molecular complexity index is 302. The molecule has 0 aliphatic heterocycles. The van der Waals surface area contributed by atoms with E-state index in [4.69, 9.17) is 0 Å². The van der Waals surface area contributed by atoms with E-state index in [2.05, 4.69) is 10.3 Å². The Balaban J connectivity index is 2.51. The van der Waals surface area contributed by atoms with Crippen molar-refractivity contribution in [1.82, 2.24) is 4.98 Å². The van der Waals surface area contributed by atoms with E-state index in [0.717, 1.165) is 18.0 Å². The van der Waals surface area contributed by atoms with Gasteiger partial charge in [0.05, 0.1) is 5.69 Å². The maximum absolute atomic E-state index is 10.3. The van der Waals surface area contributed by atoms with E-state index in [1.54, 1.807) is 17.8 Å². The van der Waals surface area contributed by atoms with Gasteiger partial charge in [-0.15, -0.1) is 0 Å². The highest BCUT2D eigenvalue weighted by Crippen LogP contribution is 2.11. The summed E-state index contributed by atoms with van der Waals surface area (Å²) >= 11 is 1.74. The summed E-state index contributed by atoms with van der Waals surface area (Å²) in [5.74, 6) is 0.872. The Labute approximate surface area is 86.1 Å². The molecule has 1 heterocycles. The highest BCUT2D eigenvalue weighted by Gasteiger charge is 2.05. The summed E-state index contributed by atoms with van der Waals surface area (Å²) in [6, 6.07) is 3.05. The molecule has 0 fully saturated rings. The van der Waals surface area contributed by atoms with Gasteiger partial charge in [0.15, 0.2) is 6.20 Å². The Morgan fingerprint density at radius 1 is 1.64 bits per heavy atom. The Morgan fingerprint density at radius 2 is 2.43 bits per heavy atom. The van der Waals surface area contributed by atoms with Crippen LogP contribution in [0.5, 0.6) is 0 Å². The molecule has 76 valence electrons. The number of hydrogen-bond donors (Lipinski definition) is 1. The maximum atomic E-state index is 10.3. The molecule has 5 nitrogen and oxygen atoms in total. The van der Waals surface area contributed by atoms with Gasteiger partial charge in [-0.25, -0.2) is 0 Å². The lowest BCUT2D eigenvalue weighted by Crippen LogP contribution is -2.04. The predicted octanol–water partition coefficient (Wildman–Crippen LogP) is 1.76. The molecule has 0 saturated heterocycles. The molecule has 6 heteroatoms. The van der Waals surface area contributed by atoms with Gasteiger partial charge in [-0.1, -0.05) is 0 Å². The SMILES string of the molecule is CSCCNc1ccc([N+](=O)[O-])nc1. The summed E-state index contributed by atoms with van der Waals surface area (Å²) in [7, 11) is 0. The van der Waals surface area contributed by atoms with Crippen LogP contribution in [0.3, 0.4) is 0 Å². The highest BCUT2D eigenvalue weighted by atomic mass is 32.2. The number of hydrogen-bond acceptors (Lipinski definition) is 5. The first kappa shape index (κ1) is 10.8. The van der Waals surface area contributed by atoms with Gasteiger partial charge >= 0.3 is 5.82 Å². The van der Waals surface area contributed by atoms with Crippen LogP contribution < -0.4 is 5.32 Å². The Morgan fingerprint density at radius 3 is 2.93 bits per heavy atom. The fraction of sp³-hybridized carbons (Fsp3) is 0.375. The minimum Gasteiger partial charge on any atom is -0.381 e. The molecule has 14 heavy (non-hydrogen) atoms. The number of aromatic nitrogens is 1. The van der Waals surface area contributed by atoms with Gasteiger partial charge in [0.25, 0.3) is 0 Å². The zero-order valence-electron chi connectivity index (χ0n) is 7.77. The predicted molar refractivity (Wildman–Crippen MR) is 57.8 cm³/mol. The van der Waals surface area contributed by atoms with Crippen molar-refractivity contribution in [2.45, 2.75) is 0 Å². The minimum atomic E-state index is -0.508. The molecule has 0 aliphatic rings. The lowest BCUT2D eigenvalue weighted by atomic mass is 10.4. The van der Waals surface area contributed by atoms with Gasteiger partial charge in [-0.05, 0) is 22.2 Å². The summed E-state index contributed by atoms with van der Waals surface area (Å²) < 4.78 is 0. The van der Waals surface area contributed by atoms with Crippen LogP contribution in [0.2, 0.25) is 0 Å². The van der Waals surface area contributed by atoms with E-state index < -0.39 is 4.92 Å². The van der Waals surface area contributed by atoms with E-state index in [-0.39, 0.29) is 5.82 Å². The van der Waals surface area contributed by atoms with Crippen molar-refractivity contribution in [2.24, 2.45) is 0 Å². The van der Waals surface area contributed by atoms with E-state index >= 15 is 0 Å². The summed E-state index contributed by atoms with van der Waals surface area (Å²) in [5.41, 5.74) is 0.810. The average molecular weight is 213 g/mol. The lowest BCUT2D eigenvalue weighted by Gasteiger charge is -2.01. The van der Waals surface area contributed by atoms with Gasteiger partial charge in [0, 0.05) is 18.4 Å². The molecule has 0 unspecified atom stereocenters.